The number of ether oxygens (including phenoxy) is 2. The largest absolute Gasteiger partial charge is 0.366 e. The van der Waals surface area contributed by atoms with Gasteiger partial charge in [0.25, 0.3) is 0 Å². The molecule has 0 bridgehead atoms. The lowest BCUT2D eigenvalue weighted by Crippen LogP contribution is -2.54. The minimum Gasteiger partial charge on any atom is -0.366 e. The first-order valence-corrected chi connectivity index (χ1v) is 8.30. The molecule has 1 fully saturated rings. The number of hydrogen-bond donors (Lipinski definition) is 0. The predicted octanol–water partition coefficient (Wildman–Crippen LogP) is 2.93. The summed E-state index contributed by atoms with van der Waals surface area (Å²) in [6, 6.07) is 0. The van der Waals surface area contributed by atoms with Crippen LogP contribution in [0.25, 0.3) is 0 Å². The molecule has 1 heterocycles. The molecule has 2 atom stereocenters. The van der Waals surface area contributed by atoms with Crippen LogP contribution < -0.4 is 0 Å². The van der Waals surface area contributed by atoms with Gasteiger partial charge in [-0.3, -0.25) is 9.80 Å². The maximum absolute atomic E-state index is 5.65. The molecule has 2 unspecified atom stereocenters. The average molecular weight is 286 g/mol. The summed E-state index contributed by atoms with van der Waals surface area (Å²) in [7, 11) is 3.68. The fourth-order valence-electron chi connectivity index (χ4n) is 2.97. The second kappa shape index (κ2) is 10.6. The third kappa shape index (κ3) is 5.68. The molecule has 0 aromatic heterocycles. The van der Waals surface area contributed by atoms with Gasteiger partial charge in [0.15, 0.2) is 0 Å². The van der Waals surface area contributed by atoms with Crippen LogP contribution >= 0.6 is 0 Å². The minimum atomic E-state index is 0.300. The molecule has 0 aromatic rings. The number of rotatable bonds is 10. The molecule has 0 spiro atoms. The summed E-state index contributed by atoms with van der Waals surface area (Å²) in [5, 5.41) is 0. The molecule has 0 N–H and O–H groups in total. The average Bonchev–Trinajstić information content (AvgIpc) is 2.50. The molecule has 0 aliphatic carbocycles. The van der Waals surface area contributed by atoms with E-state index in [0.717, 1.165) is 39.0 Å². The SMILES string of the molecule is CCCCC(OC)N1CCN(C(CCCC)OC)CC1. The zero-order chi connectivity index (χ0) is 14.8. The summed E-state index contributed by atoms with van der Waals surface area (Å²) in [6.45, 7) is 8.84. The molecule has 20 heavy (non-hydrogen) atoms. The zero-order valence-electron chi connectivity index (χ0n) is 13.9. The lowest BCUT2D eigenvalue weighted by molar-refractivity contribution is -0.0985. The first kappa shape index (κ1) is 17.9. The van der Waals surface area contributed by atoms with Crippen molar-refractivity contribution in [3.8, 4) is 0 Å². The normalized spacial score (nSPS) is 21.0. The Bertz CT molecular complexity index is 207. The van der Waals surface area contributed by atoms with Crippen LogP contribution in [0.3, 0.4) is 0 Å². The lowest BCUT2D eigenvalue weighted by Gasteiger charge is -2.41. The molecular formula is C16H34N2O2. The summed E-state index contributed by atoms with van der Waals surface area (Å²) in [6.07, 6.45) is 7.87. The van der Waals surface area contributed by atoms with Crippen LogP contribution in [0, 0.1) is 0 Å². The highest BCUT2D eigenvalue weighted by atomic mass is 16.5. The Kier molecular flexibility index (Phi) is 9.44. The van der Waals surface area contributed by atoms with E-state index in [1.807, 2.05) is 14.2 Å². The molecule has 0 amide bonds. The number of methoxy groups -OCH3 is 2. The van der Waals surface area contributed by atoms with Crippen LogP contribution in [0.15, 0.2) is 0 Å². The smallest absolute Gasteiger partial charge is 0.110 e. The Morgan fingerprint density at radius 1 is 0.750 bits per heavy atom. The van der Waals surface area contributed by atoms with Crippen molar-refractivity contribution in [3.63, 3.8) is 0 Å². The monoisotopic (exact) mass is 286 g/mol. The van der Waals surface area contributed by atoms with Gasteiger partial charge in [-0.05, 0) is 25.7 Å². The molecule has 1 aliphatic rings. The quantitative estimate of drug-likeness (QED) is 0.616. The first-order chi connectivity index (χ1) is 9.76. The van der Waals surface area contributed by atoms with Gasteiger partial charge in [-0.1, -0.05) is 26.7 Å². The molecular weight excluding hydrogens is 252 g/mol. The molecule has 4 heteroatoms. The van der Waals surface area contributed by atoms with Gasteiger partial charge in [-0.15, -0.1) is 0 Å². The molecule has 1 aliphatic heterocycles. The highest BCUT2D eigenvalue weighted by Crippen LogP contribution is 2.16. The Balaban J connectivity index is 2.37. The van der Waals surface area contributed by atoms with Gasteiger partial charge < -0.3 is 9.47 Å². The maximum Gasteiger partial charge on any atom is 0.110 e. The Hall–Kier alpha value is -0.160. The Morgan fingerprint density at radius 3 is 1.35 bits per heavy atom. The predicted molar refractivity (Wildman–Crippen MR) is 83.8 cm³/mol. The van der Waals surface area contributed by atoms with E-state index in [9.17, 15) is 0 Å². The third-order valence-corrected chi connectivity index (χ3v) is 4.32. The maximum atomic E-state index is 5.65. The number of hydrogen-bond acceptors (Lipinski definition) is 4. The molecule has 1 rings (SSSR count). The molecule has 0 saturated carbocycles. The summed E-state index contributed by atoms with van der Waals surface area (Å²) in [5.41, 5.74) is 0. The van der Waals surface area contributed by atoms with Crippen molar-refractivity contribution in [2.24, 2.45) is 0 Å². The van der Waals surface area contributed by atoms with E-state index >= 15 is 0 Å². The van der Waals surface area contributed by atoms with Gasteiger partial charge in [0.2, 0.25) is 0 Å². The van der Waals surface area contributed by atoms with E-state index in [1.54, 1.807) is 0 Å². The Morgan fingerprint density at radius 2 is 1.10 bits per heavy atom. The molecule has 0 radical (unpaired) electrons. The lowest BCUT2D eigenvalue weighted by atomic mass is 10.1. The highest BCUT2D eigenvalue weighted by Gasteiger charge is 2.26. The summed E-state index contributed by atoms with van der Waals surface area (Å²) >= 11 is 0. The van der Waals surface area contributed by atoms with Crippen LogP contribution in [-0.4, -0.2) is 62.7 Å². The van der Waals surface area contributed by atoms with Gasteiger partial charge in [0.1, 0.15) is 12.5 Å². The van der Waals surface area contributed by atoms with Crippen molar-refractivity contribution < 1.29 is 9.47 Å². The van der Waals surface area contributed by atoms with Crippen LogP contribution in [-0.2, 0) is 9.47 Å². The van der Waals surface area contributed by atoms with Gasteiger partial charge >= 0.3 is 0 Å². The van der Waals surface area contributed by atoms with Crippen LogP contribution in [0.5, 0.6) is 0 Å². The van der Waals surface area contributed by atoms with E-state index in [4.69, 9.17) is 9.47 Å². The number of unbranched alkanes of at least 4 members (excludes halogenated alkanes) is 2. The zero-order valence-corrected chi connectivity index (χ0v) is 13.9. The van der Waals surface area contributed by atoms with E-state index in [1.165, 1.54) is 25.7 Å². The second-order valence-corrected chi connectivity index (χ2v) is 5.74. The molecule has 1 saturated heterocycles. The van der Waals surface area contributed by atoms with Crippen LogP contribution in [0.2, 0.25) is 0 Å². The summed E-state index contributed by atoms with van der Waals surface area (Å²) in [5.74, 6) is 0. The van der Waals surface area contributed by atoms with Gasteiger partial charge in [-0.2, -0.15) is 0 Å². The number of piperazine rings is 1. The minimum absolute atomic E-state index is 0.300. The second-order valence-electron chi connectivity index (χ2n) is 5.74. The Labute approximate surface area is 125 Å². The van der Waals surface area contributed by atoms with E-state index in [-0.39, 0.29) is 0 Å². The van der Waals surface area contributed by atoms with Crippen LogP contribution in [0.1, 0.15) is 52.4 Å². The van der Waals surface area contributed by atoms with Gasteiger partial charge in [-0.25, -0.2) is 0 Å². The fraction of sp³-hybridized carbons (Fsp3) is 1.00. The number of nitrogens with zero attached hydrogens (tertiary/aromatic N) is 2. The van der Waals surface area contributed by atoms with E-state index in [2.05, 4.69) is 23.6 Å². The van der Waals surface area contributed by atoms with E-state index < -0.39 is 0 Å². The van der Waals surface area contributed by atoms with Gasteiger partial charge in [0, 0.05) is 40.4 Å². The molecule has 4 nitrogen and oxygen atoms in total. The van der Waals surface area contributed by atoms with Crippen molar-refractivity contribution >= 4 is 0 Å². The third-order valence-electron chi connectivity index (χ3n) is 4.32. The topological polar surface area (TPSA) is 24.9 Å². The van der Waals surface area contributed by atoms with Crippen molar-refractivity contribution in [3.05, 3.63) is 0 Å². The molecule has 120 valence electrons. The van der Waals surface area contributed by atoms with Crippen molar-refractivity contribution in [2.75, 3.05) is 40.4 Å². The van der Waals surface area contributed by atoms with E-state index in [0.29, 0.717) is 12.5 Å². The molecule has 0 aromatic carbocycles. The summed E-state index contributed by atoms with van der Waals surface area (Å²) in [4.78, 5) is 4.97. The standard InChI is InChI=1S/C16H34N2O2/c1-5-7-9-15(19-3)17-11-13-18(14-12-17)16(20-4)10-8-6-2/h15-16H,5-14H2,1-4H3. The highest BCUT2D eigenvalue weighted by molar-refractivity contribution is 4.76. The van der Waals surface area contributed by atoms with Gasteiger partial charge in [0.05, 0.1) is 0 Å². The van der Waals surface area contributed by atoms with Crippen molar-refractivity contribution in [1.29, 1.82) is 0 Å². The van der Waals surface area contributed by atoms with Crippen molar-refractivity contribution in [2.45, 2.75) is 64.8 Å². The fourth-order valence-corrected chi connectivity index (χ4v) is 2.97. The summed E-state index contributed by atoms with van der Waals surface area (Å²) < 4.78 is 11.3. The first-order valence-electron chi connectivity index (χ1n) is 8.30. The van der Waals surface area contributed by atoms with Crippen molar-refractivity contribution in [1.82, 2.24) is 9.80 Å². The van der Waals surface area contributed by atoms with Crippen LogP contribution in [0.4, 0.5) is 0 Å².